The molecule has 0 fully saturated rings. The van der Waals surface area contributed by atoms with Crippen molar-refractivity contribution in [3.63, 3.8) is 0 Å². The molecule has 0 radical (unpaired) electrons. The zero-order chi connectivity index (χ0) is 19.3. The predicted molar refractivity (Wildman–Crippen MR) is 113 cm³/mol. The molecule has 3 aromatic carbocycles. The Bertz CT molecular complexity index is 1160. The molecular formula is C22H18ClN3O2. The van der Waals surface area contributed by atoms with E-state index < -0.39 is 0 Å². The number of hydrogen-bond acceptors (Lipinski definition) is 4. The number of fused-ring (bicyclic) bond motifs is 1. The van der Waals surface area contributed by atoms with Crippen molar-refractivity contribution in [3.05, 3.63) is 94.2 Å². The van der Waals surface area contributed by atoms with E-state index in [1.807, 2.05) is 71.3 Å². The number of para-hydroxylation sites is 3. The van der Waals surface area contributed by atoms with E-state index in [4.69, 9.17) is 16.3 Å². The van der Waals surface area contributed by atoms with E-state index in [9.17, 15) is 4.79 Å². The Morgan fingerprint density at radius 1 is 0.929 bits per heavy atom. The van der Waals surface area contributed by atoms with Gasteiger partial charge in [-0.15, -0.1) is 0 Å². The van der Waals surface area contributed by atoms with Crippen LogP contribution in [0.3, 0.4) is 0 Å². The van der Waals surface area contributed by atoms with Crippen LogP contribution in [0.25, 0.3) is 10.9 Å². The van der Waals surface area contributed by atoms with Crippen LogP contribution in [-0.2, 0) is 6.54 Å². The fraction of sp³-hybridized carbons (Fsp3) is 0.0909. The smallest absolute Gasteiger partial charge is 0.282 e. The second kappa shape index (κ2) is 8.15. The van der Waals surface area contributed by atoms with Crippen LogP contribution in [0.15, 0.2) is 83.7 Å². The summed E-state index contributed by atoms with van der Waals surface area (Å²) < 4.78 is 7.77. The summed E-state index contributed by atoms with van der Waals surface area (Å²) in [5.74, 6) is 1.22. The van der Waals surface area contributed by atoms with Crippen molar-refractivity contribution in [2.45, 2.75) is 6.54 Å². The number of nitrogens with zero attached hydrogens (tertiary/aromatic N) is 2. The SMILES string of the molecule is O=c1nc(Nc2ccccc2Cl)n(CCOc2ccccc2)c2ccccc12. The number of nitrogens with one attached hydrogen (secondary N) is 1. The van der Waals surface area contributed by atoms with Crippen LogP contribution in [0.4, 0.5) is 11.6 Å². The molecule has 0 amide bonds. The second-order valence-electron chi connectivity index (χ2n) is 6.18. The third-order valence-corrected chi connectivity index (χ3v) is 4.67. The first kappa shape index (κ1) is 18.1. The van der Waals surface area contributed by atoms with Crippen molar-refractivity contribution < 1.29 is 4.74 Å². The van der Waals surface area contributed by atoms with Crippen molar-refractivity contribution in [1.82, 2.24) is 9.55 Å². The summed E-state index contributed by atoms with van der Waals surface area (Å²) in [5.41, 5.74) is 1.18. The molecule has 0 saturated carbocycles. The molecule has 0 atom stereocenters. The average molecular weight is 392 g/mol. The van der Waals surface area contributed by atoms with Crippen molar-refractivity contribution >= 4 is 34.1 Å². The molecule has 0 unspecified atom stereocenters. The monoisotopic (exact) mass is 391 g/mol. The van der Waals surface area contributed by atoms with Crippen molar-refractivity contribution in [2.24, 2.45) is 0 Å². The van der Waals surface area contributed by atoms with Gasteiger partial charge in [0.2, 0.25) is 5.95 Å². The molecule has 1 aromatic heterocycles. The molecule has 4 aromatic rings. The van der Waals surface area contributed by atoms with Gasteiger partial charge in [0.25, 0.3) is 5.56 Å². The number of halogens is 1. The molecule has 1 heterocycles. The zero-order valence-electron chi connectivity index (χ0n) is 15.0. The highest BCUT2D eigenvalue weighted by Gasteiger charge is 2.12. The molecule has 0 saturated heterocycles. The Morgan fingerprint density at radius 3 is 2.46 bits per heavy atom. The standard InChI is InChI=1S/C22H18ClN3O2/c23-18-11-5-6-12-19(18)24-22-25-21(27)17-10-4-7-13-20(17)26(22)14-15-28-16-8-2-1-3-9-16/h1-13H,14-15H2,(H,24,25,27). The third kappa shape index (κ3) is 3.85. The van der Waals surface area contributed by atoms with Gasteiger partial charge >= 0.3 is 0 Å². The van der Waals surface area contributed by atoms with Crippen LogP contribution >= 0.6 is 11.6 Å². The van der Waals surface area contributed by atoms with Crippen LogP contribution in [0.1, 0.15) is 0 Å². The second-order valence-corrected chi connectivity index (χ2v) is 6.58. The number of benzene rings is 3. The highest BCUT2D eigenvalue weighted by molar-refractivity contribution is 6.33. The Kier molecular flexibility index (Phi) is 5.26. The highest BCUT2D eigenvalue weighted by Crippen LogP contribution is 2.25. The minimum absolute atomic E-state index is 0.287. The van der Waals surface area contributed by atoms with Gasteiger partial charge < -0.3 is 14.6 Å². The van der Waals surface area contributed by atoms with Crippen molar-refractivity contribution in [3.8, 4) is 5.75 Å². The third-order valence-electron chi connectivity index (χ3n) is 4.34. The van der Waals surface area contributed by atoms with Crippen LogP contribution in [0, 0.1) is 0 Å². The molecule has 5 nitrogen and oxygen atoms in total. The van der Waals surface area contributed by atoms with Crippen molar-refractivity contribution in [2.75, 3.05) is 11.9 Å². The van der Waals surface area contributed by atoms with Gasteiger partial charge in [-0.1, -0.05) is 54.1 Å². The largest absolute Gasteiger partial charge is 0.492 e. The Balaban J connectivity index is 1.70. The van der Waals surface area contributed by atoms with Gasteiger partial charge in [0.05, 0.1) is 28.2 Å². The summed E-state index contributed by atoms with van der Waals surface area (Å²) in [7, 11) is 0. The summed E-state index contributed by atoms with van der Waals surface area (Å²) in [6.45, 7) is 0.936. The van der Waals surface area contributed by atoms with E-state index in [0.29, 0.717) is 35.2 Å². The zero-order valence-corrected chi connectivity index (χ0v) is 15.8. The van der Waals surface area contributed by atoms with Crippen LogP contribution in [0.5, 0.6) is 5.75 Å². The molecule has 0 aliphatic heterocycles. The summed E-state index contributed by atoms with van der Waals surface area (Å²) >= 11 is 6.27. The van der Waals surface area contributed by atoms with E-state index in [1.54, 1.807) is 12.1 Å². The molecule has 6 heteroatoms. The summed E-state index contributed by atoms with van der Waals surface area (Å²) in [4.78, 5) is 16.7. The lowest BCUT2D eigenvalue weighted by Crippen LogP contribution is -2.20. The van der Waals surface area contributed by atoms with Gasteiger partial charge in [-0.3, -0.25) is 4.79 Å². The number of anilines is 2. The minimum Gasteiger partial charge on any atom is -0.492 e. The summed E-state index contributed by atoms with van der Waals surface area (Å²) in [5, 5.41) is 4.30. The first-order chi connectivity index (χ1) is 13.7. The van der Waals surface area contributed by atoms with Gasteiger partial charge in [0, 0.05) is 0 Å². The van der Waals surface area contributed by atoms with E-state index in [-0.39, 0.29) is 5.56 Å². The Labute approximate surface area is 167 Å². The minimum atomic E-state index is -0.287. The van der Waals surface area contributed by atoms with Gasteiger partial charge in [-0.2, -0.15) is 4.98 Å². The summed E-state index contributed by atoms with van der Waals surface area (Å²) in [6, 6.07) is 24.4. The van der Waals surface area contributed by atoms with Crippen molar-refractivity contribution in [1.29, 1.82) is 0 Å². The van der Waals surface area contributed by atoms with E-state index in [1.165, 1.54) is 0 Å². The maximum absolute atomic E-state index is 12.5. The maximum Gasteiger partial charge on any atom is 0.282 e. The quantitative estimate of drug-likeness (QED) is 0.509. The van der Waals surface area contributed by atoms with Gasteiger partial charge in [0.15, 0.2) is 0 Å². The fourth-order valence-electron chi connectivity index (χ4n) is 3.00. The van der Waals surface area contributed by atoms with Gasteiger partial charge in [0.1, 0.15) is 12.4 Å². The lowest BCUT2D eigenvalue weighted by Gasteiger charge is -2.17. The lowest BCUT2D eigenvalue weighted by molar-refractivity contribution is 0.300. The summed E-state index contributed by atoms with van der Waals surface area (Å²) in [6.07, 6.45) is 0. The molecule has 1 N–H and O–H groups in total. The molecule has 0 aliphatic carbocycles. The Morgan fingerprint density at radius 2 is 1.64 bits per heavy atom. The van der Waals surface area contributed by atoms with Crippen LogP contribution in [0.2, 0.25) is 5.02 Å². The Hall–Kier alpha value is -3.31. The topological polar surface area (TPSA) is 56.2 Å². The number of aromatic nitrogens is 2. The average Bonchev–Trinajstić information content (AvgIpc) is 2.73. The molecule has 0 bridgehead atoms. The van der Waals surface area contributed by atoms with Gasteiger partial charge in [-0.25, -0.2) is 0 Å². The van der Waals surface area contributed by atoms with E-state index in [2.05, 4.69) is 10.3 Å². The maximum atomic E-state index is 12.5. The molecular weight excluding hydrogens is 374 g/mol. The van der Waals surface area contributed by atoms with Crippen LogP contribution in [-0.4, -0.2) is 16.2 Å². The van der Waals surface area contributed by atoms with Crippen LogP contribution < -0.4 is 15.6 Å². The fourth-order valence-corrected chi connectivity index (χ4v) is 3.18. The molecule has 4 rings (SSSR count). The highest BCUT2D eigenvalue weighted by atomic mass is 35.5. The number of hydrogen-bond donors (Lipinski definition) is 1. The van der Waals surface area contributed by atoms with E-state index in [0.717, 1.165) is 11.3 Å². The number of ether oxygens (including phenoxy) is 1. The molecule has 0 spiro atoms. The first-order valence-electron chi connectivity index (χ1n) is 8.91. The van der Waals surface area contributed by atoms with E-state index >= 15 is 0 Å². The lowest BCUT2D eigenvalue weighted by atomic mass is 10.2. The normalized spacial score (nSPS) is 10.8. The molecule has 140 valence electrons. The predicted octanol–water partition coefficient (Wildman–Crippen LogP) is 4.87. The van der Waals surface area contributed by atoms with Gasteiger partial charge in [-0.05, 0) is 36.4 Å². The molecule has 0 aliphatic rings. The number of rotatable bonds is 6. The molecule has 28 heavy (non-hydrogen) atoms. The first-order valence-corrected chi connectivity index (χ1v) is 9.29.